The van der Waals surface area contributed by atoms with Crippen LogP contribution in [0.5, 0.6) is 0 Å². The molecule has 3 N–H and O–H groups in total. The van der Waals surface area contributed by atoms with Crippen molar-refractivity contribution in [3.05, 3.63) is 35.4 Å². The molecule has 0 bridgehead atoms. The number of halogens is 2. The number of hydrogen-bond donors (Lipinski definition) is 2. The maximum atomic E-state index is 13.4. The van der Waals surface area contributed by atoms with E-state index in [1.807, 2.05) is 0 Å². The van der Waals surface area contributed by atoms with Crippen molar-refractivity contribution in [2.45, 2.75) is 19.1 Å². The second kappa shape index (κ2) is 5.16. The van der Waals surface area contributed by atoms with Crippen LogP contribution in [0.25, 0.3) is 0 Å². The average molecular weight is 216 g/mol. The Morgan fingerprint density at radius 2 is 1.87 bits per heavy atom. The van der Waals surface area contributed by atoms with E-state index < -0.39 is 23.8 Å². The van der Waals surface area contributed by atoms with Crippen LogP contribution in [0.2, 0.25) is 0 Å². The first-order valence-corrected chi connectivity index (χ1v) is 4.54. The van der Waals surface area contributed by atoms with E-state index in [9.17, 15) is 8.78 Å². The Balaban J connectivity index is 3.11. The highest BCUT2D eigenvalue weighted by Gasteiger charge is 2.24. The molecule has 15 heavy (non-hydrogen) atoms. The summed E-state index contributed by atoms with van der Waals surface area (Å²) in [5.41, 5.74) is 2.24. The fourth-order valence-electron chi connectivity index (χ4n) is 1.40. The highest BCUT2D eigenvalue weighted by molar-refractivity contribution is 5.24. The van der Waals surface area contributed by atoms with E-state index in [0.717, 1.165) is 0 Å². The van der Waals surface area contributed by atoms with Crippen LogP contribution in [0, 0.1) is 11.6 Å². The van der Waals surface area contributed by atoms with Gasteiger partial charge in [0.2, 0.25) is 0 Å². The monoisotopic (exact) mass is 216 g/mol. The minimum Gasteiger partial charge on any atom is -0.380 e. The lowest BCUT2D eigenvalue weighted by molar-refractivity contribution is 0.0805. The largest absolute Gasteiger partial charge is 0.380 e. The van der Waals surface area contributed by atoms with Gasteiger partial charge in [-0.2, -0.15) is 0 Å². The first-order valence-electron chi connectivity index (χ1n) is 4.54. The van der Waals surface area contributed by atoms with Gasteiger partial charge in [-0.25, -0.2) is 8.78 Å². The van der Waals surface area contributed by atoms with Gasteiger partial charge in [0.1, 0.15) is 11.6 Å². The molecule has 0 saturated heterocycles. The quantitative estimate of drug-likeness (QED) is 0.592. The average Bonchev–Trinajstić information content (AvgIpc) is 2.22. The minimum absolute atomic E-state index is 0.102. The van der Waals surface area contributed by atoms with Gasteiger partial charge in [0, 0.05) is 12.7 Å². The smallest absolute Gasteiger partial charge is 0.131 e. The summed E-state index contributed by atoms with van der Waals surface area (Å²) >= 11 is 0. The Hall–Kier alpha value is -1.04. The summed E-state index contributed by atoms with van der Waals surface area (Å²) < 4.78 is 31.8. The summed E-state index contributed by atoms with van der Waals surface area (Å²) in [6.07, 6.45) is -0.429. The van der Waals surface area contributed by atoms with Crippen LogP contribution >= 0.6 is 0 Å². The van der Waals surface area contributed by atoms with Gasteiger partial charge in [0.25, 0.3) is 0 Å². The number of nitrogens with two attached hydrogens (primary N) is 1. The van der Waals surface area contributed by atoms with Crippen LogP contribution in [-0.4, -0.2) is 13.2 Å². The van der Waals surface area contributed by atoms with E-state index in [1.54, 1.807) is 6.92 Å². The van der Waals surface area contributed by atoms with E-state index in [1.165, 1.54) is 25.3 Å². The Bertz CT molecular complexity index is 313. The maximum Gasteiger partial charge on any atom is 0.131 e. The molecule has 0 amide bonds. The molecule has 0 heterocycles. The fourth-order valence-corrected chi connectivity index (χ4v) is 1.40. The Labute approximate surface area is 87.2 Å². The van der Waals surface area contributed by atoms with Gasteiger partial charge in [-0.3, -0.25) is 11.3 Å². The molecule has 0 aliphatic carbocycles. The summed E-state index contributed by atoms with van der Waals surface area (Å²) in [5, 5.41) is 0. The maximum absolute atomic E-state index is 13.4. The Kier molecular flexibility index (Phi) is 4.14. The van der Waals surface area contributed by atoms with Gasteiger partial charge in [-0.05, 0) is 19.1 Å². The molecule has 84 valence electrons. The van der Waals surface area contributed by atoms with Crippen LogP contribution in [0.3, 0.4) is 0 Å². The molecule has 1 aromatic carbocycles. The number of nitrogens with one attached hydrogen (secondary N) is 1. The van der Waals surface area contributed by atoms with Crippen molar-refractivity contribution in [2.24, 2.45) is 5.84 Å². The number of hydrazine groups is 1. The molecule has 5 heteroatoms. The molecule has 0 aliphatic rings. The molecule has 2 unspecified atom stereocenters. The van der Waals surface area contributed by atoms with E-state index >= 15 is 0 Å². The van der Waals surface area contributed by atoms with Gasteiger partial charge in [0.05, 0.1) is 12.1 Å². The zero-order valence-corrected chi connectivity index (χ0v) is 8.63. The molecule has 3 nitrogen and oxygen atoms in total. The lowest BCUT2D eigenvalue weighted by Crippen LogP contribution is -2.37. The fraction of sp³-hybridized carbons (Fsp3) is 0.400. The van der Waals surface area contributed by atoms with Gasteiger partial charge >= 0.3 is 0 Å². The summed E-state index contributed by atoms with van der Waals surface area (Å²) in [6.45, 7) is 1.68. The molecule has 1 rings (SSSR count). The van der Waals surface area contributed by atoms with Gasteiger partial charge in [-0.1, -0.05) is 6.07 Å². The zero-order valence-electron chi connectivity index (χ0n) is 8.63. The van der Waals surface area contributed by atoms with Crippen LogP contribution in [0.1, 0.15) is 18.5 Å². The number of rotatable bonds is 4. The summed E-state index contributed by atoms with van der Waals surface area (Å²) in [7, 11) is 1.45. The zero-order chi connectivity index (χ0) is 11.4. The highest BCUT2D eigenvalue weighted by Crippen LogP contribution is 2.23. The number of hydrogen-bond acceptors (Lipinski definition) is 3. The molecule has 0 aliphatic heterocycles. The van der Waals surface area contributed by atoms with Crippen molar-refractivity contribution in [3.8, 4) is 0 Å². The highest BCUT2D eigenvalue weighted by atomic mass is 19.1. The molecule has 0 fully saturated rings. The molecular weight excluding hydrogens is 202 g/mol. The van der Waals surface area contributed by atoms with Gasteiger partial charge in [0.15, 0.2) is 0 Å². The number of ether oxygens (including phenoxy) is 1. The minimum atomic E-state index is -0.712. The lowest BCUT2D eigenvalue weighted by atomic mass is 10.0. The topological polar surface area (TPSA) is 47.3 Å². The molecule has 0 saturated carbocycles. The van der Waals surface area contributed by atoms with Crippen molar-refractivity contribution >= 4 is 0 Å². The standard InChI is InChI=1S/C10H14F2N2O/c1-6(15-2)10(14-13)9-7(11)4-3-5-8(9)12/h3-6,10,14H,13H2,1-2H3. The van der Waals surface area contributed by atoms with Crippen LogP contribution < -0.4 is 11.3 Å². The predicted octanol–water partition coefficient (Wildman–Crippen LogP) is 1.50. The Morgan fingerprint density at radius 3 is 2.27 bits per heavy atom. The third-order valence-electron chi connectivity index (χ3n) is 2.33. The van der Waals surface area contributed by atoms with Crippen LogP contribution in [-0.2, 0) is 4.74 Å². The first kappa shape index (κ1) is 12.0. The predicted molar refractivity (Wildman–Crippen MR) is 52.9 cm³/mol. The Morgan fingerprint density at radius 1 is 1.33 bits per heavy atom. The van der Waals surface area contributed by atoms with Crippen molar-refractivity contribution < 1.29 is 13.5 Å². The third kappa shape index (κ3) is 2.50. The van der Waals surface area contributed by atoms with Gasteiger partial charge < -0.3 is 4.74 Å². The summed E-state index contributed by atoms with van der Waals surface area (Å²) in [6, 6.07) is 2.96. The second-order valence-electron chi connectivity index (χ2n) is 3.22. The van der Waals surface area contributed by atoms with Gasteiger partial charge in [-0.15, -0.1) is 0 Å². The van der Waals surface area contributed by atoms with Crippen molar-refractivity contribution in [1.82, 2.24) is 5.43 Å². The molecular formula is C10H14F2N2O. The van der Waals surface area contributed by atoms with Crippen molar-refractivity contribution in [1.29, 1.82) is 0 Å². The van der Waals surface area contributed by atoms with E-state index in [-0.39, 0.29) is 5.56 Å². The van der Waals surface area contributed by atoms with Crippen LogP contribution in [0.15, 0.2) is 18.2 Å². The number of benzene rings is 1. The SMILES string of the molecule is COC(C)C(NN)c1c(F)cccc1F. The molecule has 0 aromatic heterocycles. The molecule has 0 radical (unpaired) electrons. The van der Waals surface area contributed by atoms with Crippen molar-refractivity contribution in [2.75, 3.05) is 7.11 Å². The van der Waals surface area contributed by atoms with E-state index in [0.29, 0.717) is 0 Å². The first-order chi connectivity index (χ1) is 7.11. The second-order valence-corrected chi connectivity index (χ2v) is 3.22. The third-order valence-corrected chi connectivity index (χ3v) is 2.33. The summed E-state index contributed by atoms with van der Waals surface area (Å²) in [5.74, 6) is 3.98. The van der Waals surface area contributed by atoms with E-state index in [4.69, 9.17) is 10.6 Å². The normalized spacial score (nSPS) is 15.0. The molecule has 1 aromatic rings. The van der Waals surface area contributed by atoms with E-state index in [2.05, 4.69) is 5.43 Å². The van der Waals surface area contributed by atoms with Crippen LogP contribution in [0.4, 0.5) is 8.78 Å². The molecule has 0 spiro atoms. The van der Waals surface area contributed by atoms with Crippen molar-refractivity contribution in [3.63, 3.8) is 0 Å². The lowest BCUT2D eigenvalue weighted by Gasteiger charge is -2.23. The molecule has 2 atom stereocenters. The number of methoxy groups -OCH3 is 1. The summed E-state index contributed by atoms with van der Waals surface area (Å²) in [4.78, 5) is 0.